The third-order valence-electron chi connectivity index (χ3n) is 5.69. The lowest BCUT2D eigenvalue weighted by atomic mass is 10.1. The van der Waals surface area contributed by atoms with Gasteiger partial charge >= 0.3 is 0 Å². The third kappa shape index (κ3) is 5.80. The Morgan fingerprint density at radius 1 is 1.12 bits per heavy atom. The van der Waals surface area contributed by atoms with Crippen LogP contribution in [-0.2, 0) is 13.0 Å². The minimum atomic E-state index is -0.211. The molecule has 33 heavy (non-hydrogen) atoms. The molecule has 0 spiro atoms. The summed E-state index contributed by atoms with van der Waals surface area (Å²) >= 11 is 0. The number of anilines is 1. The van der Waals surface area contributed by atoms with Gasteiger partial charge in [0.1, 0.15) is 5.75 Å². The molecule has 3 aromatic rings. The van der Waals surface area contributed by atoms with E-state index < -0.39 is 0 Å². The van der Waals surface area contributed by atoms with Crippen LogP contribution in [0.3, 0.4) is 0 Å². The molecule has 7 heteroatoms. The van der Waals surface area contributed by atoms with E-state index in [0.717, 1.165) is 41.2 Å². The van der Waals surface area contributed by atoms with Gasteiger partial charge < -0.3 is 10.1 Å². The van der Waals surface area contributed by atoms with E-state index in [2.05, 4.69) is 29.6 Å². The fourth-order valence-electron chi connectivity index (χ4n) is 3.84. The molecule has 0 saturated carbocycles. The van der Waals surface area contributed by atoms with Gasteiger partial charge in [0.15, 0.2) is 0 Å². The van der Waals surface area contributed by atoms with Crippen molar-refractivity contribution < 1.29 is 9.53 Å². The van der Waals surface area contributed by atoms with Crippen molar-refractivity contribution in [3.8, 4) is 5.75 Å². The van der Waals surface area contributed by atoms with E-state index in [0.29, 0.717) is 23.8 Å². The summed E-state index contributed by atoms with van der Waals surface area (Å²) in [5.41, 5.74) is 6.69. The van der Waals surface area contributed by atoms with Gasteiger partial charge in [-0.25, -0.2) is 0 Å². The van der Waals surface area contributed by atoms with Crippen LogP contribution in [0.15, 0.2) is 47.5 Å². The molecular weight excluding hydrogens is 414 g/mol. The number of hydrogen-bond acceptors (Lipinski definition) is 4. The van der Waals surface area contributed by atoms with Gasteiger partial charge in [-0.2, -0.15) is 5.10 Å². The number of benzene rings is 2. The number of aromatic nitrogens is 2. The Morgan fingerprint density at radius 3 is 2.55 bits per heavy atom. The standard InChI is InChI=1S/C26H33N5O2/c1-7-31-20(5)22(19(4)30-31)14-15-27-26(28-23-16-17(2)12-13-24(23)33-6)29-25(32)21-11-9-8-10-18(21)3/h8-13,16H,7,14-15H2,1-6H3,(H2,27,28,29,32). The fourth-order valence-corrected chi connectivity index (χ4v) is 3.84. The number of rotatable bonds is 7. The molecule has 1 aromatic heterocycles. The number of aryl methyl sites for hydroxylation is 4. The van der Waals surface area contributed by atoms with Crippen molar-refractivity contribution in [3.63, 3.8) is 0 Å². The number of aliphatic imine (C=N–C) groups is 1. The highest BCUT2D eigenvalue weighted by atomic mass is 16.5. The number of amides is 1. The first-order chi connectivity index (χ1) is 15.8. The van der Waals surface area contributed by atoms with E-state index in [1.165, 1.54) is 5.56 Å². The molecule has 7 nitrogen and oxygen atoms in total. The predicted molar refractivity (Wildman–Crippen MR) is 133 cm³/mol. The summed E-state index contributed by atoms with van der Waals surface area (Å²) in [6.45, 7) is 11.4. The normalized spacial score (nSPS) is 11.4. The van der Waals surface area contributed by atoms with Crippen LogP contribution in [0.4, 0.5) is 5.69 Å². The van der Waals surface area contributed by atoms with Gasteiger partial charge in [-0.3, -0.25) is 19.8 Å². The second-order valence-electron chi connectivity index (χ2n) is 8.04. The van der Waals surface area contributed by atoms with Crippen molar-refractivity contribution in [3.05, 3.63) is 76.1 Å². The van der Waals surface area contributed by atoms with E-state index in [9.17, 15) is 4.79 Å². The second kappa shape index (κ2) is 10.8. The Hall–Kier alpha value is -3.61. The third-order valence-corrected chi connectivity index (χ3v) is 5.69. The van der Waals surface area contributed by atoms with Gasteiger partial charge in [-0.15, -0.1) is 0 Å². The average molecular weight is 448 g/mol. The molecule has 3 rings (SSSR count). The summed E-state index contributed by atoms with van der Waals surface area (Å²) in [7, 11) is 1.62. The van der Waals surface area contributed by atoms with Gasteiger partial charge in [0.25, 0.3) is 5.91 Å². The predicted octanol–water partition coefficient (Wildman–Crippen LogP) is 4.59. The van der Waals surface area contributed by atoms with Crippen LogP contribution in [0.1, 0.15) is 45.4 Å². The van der Waals surface area contributed by atoms with Crippen LogP contribution in [0, 0.1) is 27.7 Å². The Morgan fingerprint density at radius 2 is 1.88 bits per heavy atom. The van der Waals surface area contributed by atoms with Crippen molar-refractivity contribution >= 4 is 17.6 Å². The second-order valence-corrected chi connectivity index (χ2v) is 8.04. The van der Waals surface area contributed by atoms with Crippen LogP contribution in [0.2, 0.25) is 0 Å². The lowest BCUT2D eigenvalue weighted by molar-refractivity contribution is 0.0976. The van der Waals surface area contributed by atoms with Gasteiger partial charge in [0.2, 0.25) is 5.96 Å². The first-order valence-corrected chi connectivity index (χ1v) is 11.2. The fraction of sp³-hybridized carbons (Fsp3) is 0.346. The summed E-state index contributed by atoms with van der Waals surface area (Å²) in [4.78, 5) is 17.7. The maximum absolute atomic E-state index is 13.0. The maximum atomic E-state index is 13.0. The number of carbonyl (C=O) groups is 1. The topological polar surface area (TPSA) is 80.5 Å². The summed E-state index contributed by atoms with van der Waals surface area (Å²) in [5, 5.41) is 10.8. The highest BCUT2D eigenvalue weighted by Gasteiger charge is 2.14. The number of ether oxygens (including phenoxy) is 1. The number of nitrogens with one attached hydrogen (secondary N) is 2. The molecule has 0 fully saturated rings. The maximum Gasteiger partial charge on any atom is 0.258 e. The number of hydrogen-bond donors (Lipinski definition) is 2. The highest BCUT2D eigenvalue weighted by molar-refractivity contribution is 6.10. The van der Waals surface area contributed by atoms with E-state index in [1.54, 1.807) is 13.2 Å². The smallest absolute Gasteiger partial charge is 0.258 e. The van der Waals surface area contributed by atoms with Crippen LogP contribution in [0.25, 0.3) is 0 Å². The molecule has 0 aliphatic carbocycles. The molecule has 2 aromatic carbocycles. The zero-order valence-corrected chi connectivity index (χ0v) is 20.3. The number of carbonyl (C=O) groups excluding carboxylic acids is 1. The number of nitrogens with zero attached hydrogens (tertiary/aromatic N) is 3. The van der Waals surface area contributed by atoms with Gasteiger partial charge in [-0.05, 0) is 75.9 Å². The van der Waals surface area contributed by atoms with Crippen molar-refractivity contribution in [1.82, 2.24) is 15.1 Å². The molecule has 0 saturated heterocycles. The van der Waals surface area contributed by atoms with E-state index >= 15 is 0 Å². The molecule has 0 aliphatic rings. The van der Waals surface area contributed by atoms with E-state index in [4.69, 9.17) is 9.73 Å². The van der Waals surface area contributed by atoms with Crippen LogP contribution < -0.4 is 15.4 Å². The molecule has 1 amide bonds. The minimum absolute atomic E-state index is 0.211. The molecular formula is C26H33N5O2. The van der Waals surface area contributed by atoms with Crippen LogP contribution in [-0.4, -0.2) is 35.3 Å². The zero-order chi connectivity index (χ0) is 24.0. The van der Waals surface area contributed by atoms with Crippen molar-refractivity contribution in [2.24, 2.45) is 4.99 Å². The molecule has 0 atom stereocenters. The highest BCUT2D eigenvalue weighted by Crippen LogP contribution is 2.25. The molecule has 0 unspecified atom stereocenters. The van der Waals surface area contributed by atoms with Gasteiger partial charge in [0.05, 0.1) is 18.5 Å². The first-order valence-electron chi connectivity index (χ1n) is 11.2. The lowest BCUT2D eigenvalue weighted by Crippen LogP contribution is -2.36. The minimum Gasteiger partial charge on any atom is -0.495 e. The quantitative estimate of drug-likeness (QED) is 0.410. The van der Waals surface area contributed by atoms with E-state index in [-0.39, 0.29) is 5.91 Å². The molecule has 2 N–H and O–H groups in total. The Balaban J connectivity index is 1.86. The summed E-state index contributed by atoms with van der Waals surface area (Å²) < 4.78 is 7.49. The van der Waals surface area contributed by atoms with Crippen LogP contribution >= 0.6 is 0 Å². The zero-order valence-electron chi connectivity index (χ0n) is 20.3. The average Bonchev–Trinajstić information content (AvgIpc) is 3.07. The van der Waals surface area contributed by atoms with Crippen molar-refractivity contribution in [1.29, 1.82) is 0 Å². The first kappa shape index (κ1) is 24.0. The summed E-state index contributed by atoms with van der Waals surface area (Å²) in [6.07, 6.45) is 0.730. The largest absolute Gasteiger partial charge is 0.495 e. The molecule has 0 radical (unpaired) electrons. The van der Waals surface area contributed by atoms with Crippen molar-refractivity contribution in [2.75, 3.05) is 19.0 Å². The molecule has 174 valence electrons. The Bertz CT molecular complexity index is 1160. The van der Waals surface area contributed by atoms with Gasteiger partial charge in [-0.1, -0.05) is 24.3 Å². The summed E-state index contributed by atoms with van der Waals surface area (Å²) in [5.74, 6) is 0.844. The summed E-state index contributed by atoms with van der Waals surface area (Å²) in [6, 6.07) is 13.3. The SMILES string of the molecule is CCn1nc(C)c(CCN=C(NC(=O)c2ccccc2C)Nc2cc(C)ccc2OC)c1C. The van der Waals surface area contributed by atoms with Gasteiger partial charge in [0, 0.05) is 24.3 Å². The van der Waals surface area contributed by atoms with Crippen molar-refractivity contribution in [2.45, 2.75) is 47.6 Å². The van der Waals surface area contributed by atoms with Crippen LogP contribution in [0.5, 0.6) is 5.75 Å². The molecule has 0 aliphatic heterocycles. The monoisotopic (exact) mass is 447 g/mol. The Kier molecular flexibility index (Phi) is 7.87. The number of guanidine groups is 1. The molecule has 0 bridgehead atoms. The van der Waals surface area contributed by atoms with E-state index in [1.807, 2.05) is 61.9 Å². The Labute approximate surface area is 195 Å². The lowest BCUT2D eigenvalue weighted by Gasteiger charge is -2.15. The number of methoxy groups -OCH3 is 1. The molecule has 1 heterocycles.